The van der Waals surface area contributed by atoms with Crippen molar-refractivity contribution >= 4 is 11.8 Å². The molecule has 204 valence electrons. The summed E-state index contributed by atoms with van der Waals surface area (Å²) in [5, 5.41) is 15.8. The Morgan fingerprint density at radius 3 is 2.69 bits per heavy atom. The molecule has 0 bridgehead atoms. The molecule has 1 saturated carbocycles. The minimum absolute atomic E-state index is 0.0536. The van der Waals surface area contributed by atoms with Gasteiger partial charge in [-0.05, 0) is 57.9 Å². The largest absolute Gasteiger partial charge is 0.499 e. The fraction of sp³-hybridized carbons (Fsp3) is 0.793. The molecule has 2 aliphatic carbocycles. The molecule has 3 aliphatic rings. The number of carbonyl (C=O) groups is 1. The molecule has 0 aromatic carbocycles. The molecule has 0 aromatic heterocycles. The summed E-state index contributed by atoms with van der Waals surface area (Å²) in [6.45, 7) is 12.8. The molecule has 1 saturated heterocycles. The van der Waals surface area contributed by atoms with Crippen molar-refractivity contribution in [3.8, 4) is 0 Å². The summed E-state index contributed by atoms with van der Waals surface area (Å²) in [6.07, 6.45) is 12.4. The number of hydrogen-bond acceptors (Lipinski definition) is 6. The van der Waals surface area contributed by atoms with E-state index in [1.165, 1.54) is 32.1 Å². The molecule has 7 unspecified atom stereocenters. The van der Waals surface area contributed by atoms with Gasteiger partial charge in [-0.2, -0.15) is 0 Å². The van der Waals surface area contributed by atoms with Crippen molar-refractivity contribution in [2.45, 2.75) is 110 Å². The van der Waals surface area contributed by atoms with Gasteiger partial charge in [-0.25, -0.2) is 4.79 Å². The lowest BCUT2D eigenvalue weighted by Gasteiger charge is -2.46. The molecule has 2 fully saturated rings. The highest BCUT2D eigenvalue weighted by Gasteiger charge is 2.39. The number of allylic oxidation sites excluding steroid dienone is 3. The average Bonchev–Trinajstić information content (AvgIpc) is 3.25. The van der Waals surface area contributed by atoms with Crippen LogP contribution in [0.5, 0.6) is 0 Å². The number of ether oxygens (including phenoxy) is 2. The van der Waals surface area contributed by atoms with E-state index in [9.17, 15) is 10.2 Å². The normalized spacial score (nSPS) is 31.8. The maximum absolute atomic E-state index is 12.4. The Bertz CT molecular complexity index is 810. The zero-order valence-corrected chi connectivity index (χ0v) is 23.4. The van der Waals surface area contributed by atoms with E-state index < -0.39 is 6.09 Å². The first kappa shape index (κ1) is 28.7. The predicted octanol–water partition coefficient (Wildman–Crippen LogP) is 5.62. The number of amides is 1. The highest BCUT2D eigenvalue weighted by Crippen LogP contribution is 2.36. The molecule has 1 heterocycles. The zero-order valence-electron chi connectivity index (χ0n) is 23.4. The Morgan fingerprint density at radius 1 is 1.25 bits per heavy atom. The maximum Gasteiger partial charge on any atom is 0.411 e. The summed E-state index contributed by atoms with van der Waals surface area (Å²) in [5.74, 6) is 2.26. The summed E-state index contributed by atoms with van der Waals surface area (Å²) in [7, 11) is 1.63. The van der Waals surface area contributed by atoms with Crippen molar-refractivity contribution in [1.82, 2.24) is 15.5 Å². The highest BCUT2D eigenvalue weighted by atomic mass is 16.6. The van der Waals surface area contributed by atoms with Crippen molar-refractivity contribution in [1.29, 1.82) is 5.41 Å². The van der Waals surface area contributed by atoms with Crippen molar-refractivity contribution in [3.05, 3.63) is 23.6 Å². The minimum atomic E-state index is -0.457. The van der Waals surface area contributed by atoms with Crippen LogP contribution in [-0.4, -0.2) is 61.1 Å². The Morgan fingerprint density at radius 2 is 2.00 bits per heavy atom. The lowest BCUT2D eigenvalue weighted by Crippen LogP contribution is -2.64. The van der Waals surface area contributed by atoms with E-state index in [0.29, 0.717) is 23.9 Å². The molecule has 7 atom stereocenters. The van der Waals surface area contributed by atoms with Gasteiger partial charge in [0.15, 0.2) is 0 Å². The van der Waals surface area contributed by atoms with E-state index in [4.69, 9.17) is 9.47 Å². The molecule has 3 rings (SSSR count). The molecule has 1 amide bonds. The summed E-state index contributed by atoms with van der Waals surface area (Å²) in [4.78, 5) is 14.9. The summed E-state index contributed by atoms with van der Waals surface area (Å²) in [6, 6.07) is 0.700. The van der Waals surface area contributed by atoms with Crippen LogP contribution in [-0.2, 0) is 9.47 Å². The Hall–Kier alpha value is -1.86. The van der Waals surface area contributed by atoms with Crippen LogP contribution in [0.25, 0.3) is 0 Å². The van der Waals surface area contributed by atoms with Crippen LogP contribution in [0.4, 0.5) is 4.79 Å². The SMILES string of the molecule is CCCC1CCC(CN2CC(C)NC(C)C2C(=N)C2C=CC(NC(=O)OC(C)CCC)=C(OC)C2)C1. The van der Waals surface area contributed by atoms with E-state index in [0.717, 1.165) is 43.5 Å². The second-order valence-electron chi connectivity index (χ2n) is 11.4. The second kappa shape index (κ2) is 13.6. The van der Waals surface area contributed by atoms with Crippen LogP contribution in [0, 0.1) is 23.2 Å². The van der Waals surface area contributed by atoms with Gasteiger partial charge in [-0.3, -0.25) is 10.2 Å². The fourth-order valence-corrected chi connectivity index (χ4v) is 6.58. The third-order valence-electron chi connectivity index (χ3n) is 8.17. The topological polar surface area (TPSA) is 86.7 Å². The zero-order chi connectivity index (χ0) is 26.2. The van der Waals surface area contributed by atoms with Gasteiger partial charge in [-0.1, -0.05) is 45.6 Å². The van der Waals surface area contributed by atoms with Gasteiger partial charge in [0.2, 0.25) is 0 Å². The van der Waals surface area contributed by atoms with Crippen molar-refractivity contribution in [2.24, 2.45) is 17.8 Å². The lowest BCUT2D eigenvalue weighted by atomic mass is 9.84. The standard InChI is InChI=1S/C29H50N4O3/c1-7-9-20(4)36-29(34)32-25-14-13-24(16-26(25)35-6)27(30)28-21(5)31-19(3)17-33(28)18-23-12-11-22(15-23)10-8-2/h13-14,19-24,28,30-31H,7-12,15-18H2,1-6H3,(H,32,34). The van der Waals surface area contributed by atoms with Crippen molar-refractivity contribution in [3.63, 3.8) is 0 Å². The van der Waals surface area contributed by atoms with Gasteiger partial charge >= 0.3 is 6.09 Å². The van der Waals surface area contributed by atoms with Crippen LogP contribution < -0.4 is 10.6 Å². The number of piperazine rings is 1. The molecule has 7 nitrogen and oxygen atoms in total. The van der Waals surface area contributed by atoms with Crippen LogP contribution in [0.2, 0.25) is 0 Å². The van der Waals surface area contributed by atoms with Gasteiger partial charge in [0, 0.05) is 43.2 Å². The van der Waals surface area contributed by atoms with Gasteiger partial charge in [-0.15, -0.1) is 0 Å². The molecular weight excluding hydrogens is 452 g/mol. The molecule has 1 aliphatic heterocycles. The monoisotopic (exact) mass is 502 g/mol. The number of hydrogen-bond donors (Lipinski definition) is 3. The number of nitrogens with zero attached hydrogens (tertiary/aromatic N) is 1. The number of methoxy groups -OCH3 is 1. The Kier molecular flexibility index (Phi) is 10.9. The first-order chi connectivity index (χ1) is 17.2. The van der Waals surface area contributed by atoms with E-state index in [2.05, 4.69) is 43.2 Å². The van der Waals surface area contributed by atoms with Gasteiger partial charge < -0.3 is 20.2 Å². The first-order valence-electron chi connectivity index (χ1n) is 14.3. The van der Waals surface area contributed by atoms with Gasteiger partial charge in [0.1, 0.15) is 11.9 Å². The smallest absolute Gasteiger partial charge is 0.411 e. The number of nitrogens with one attached hydrogen (secondary N) is 3. The quantitative estimate of drug-likeness (QED) is 0.319. The minimum Gasteiger partial charge on any atom is -0.499 e. The van der Waals surface area contributed by atoms with E-state index >= 15 is 0 Å². The third kappa shape index (κ3) is 7.58. The molecule has 3 N–H and O–H groups in total. The van der Waals surface area contributed by atoms with E-state index in [1.807, 2.05) is 19.1 Å². The van der Waals surface area contributed by atoms with Gasteiger partial charge in [0.05, 0.1) is 18.8 Å². The van der Waals surface area contributed by atoms with Crippen LogP contribution >= 0.6 is 0 Å². The van der Waals surface area contributed by atoms with Crippen LogP contribution in [0.15, 0.2) is 23.6 Å². The summed E-state index contributed by atoms with van der Waals surface area (Å²) >= 11 is 0. The Labute approximate surface area is 218 Å². The van der Waals surface area contributed by atoms with Crippen LogP contribution in [0.1, 0.15) is 86.0 Å². The molecule has 7 heteroatoms. The predicted molar refractivity (Wildman–Crippen MR) is 146 cm³/mol. The molecule has 0 spiro atoms. The fourth-order valence-electron chi connectivity index (χ4n) is 6.58. The Balaban J connectivity index is 1.65. The molecule has 36 heavy (non-hydrogen) atoms. The molecule has 0 radical (unpaired) electrons. The van der Waals surface area contributed by atoms with Crippen molar-refractivity contribution in [2.75, 3.05) is 20.2 Å². The van der Waals surface area contributed by atoms with Gasteiger partial charge in [0.25, 0.3) is 0 Å². The third-order valence-corrected chi connectivity index (χ3v) is 8.17. The first-order valence-corrected chi connectivity index (χ1v) is 14.3. The average molecular weight is 503 g/mol. The summed E-state index contributed by atoms with van der Waals surface area (Å²) in [5.41, 5.74) is 1.36. The van der Waals surface area contributed by atoms with Crippen molar-refractivity contribution < 1.29 is 14.3 Å². The van der Waals surface area contributed by atoms with Crippen LogP contribution in [0.3, 0.4) is 0 Å². The van der Waals surface area contributed by atoms with E-state index in [-0.39, 0.29) is 24.1 Å². The molecular formula is C29H50N4O3. The second-order valence-corrected chi connectivity index (χ2v) is 11.4. The van der Waals surface area contributed by atoms with E-state index in [1.54, 1.807) is 7.11 Å². The summed E-state index contributed by atoms with van der Waals surface area (Å²) < 4.78 is 11.1. The maximum atomic E-state index is 12.4. The number of rotatable bonds is 11. The highest BCUT2D eigenvalue weighted by molar-refractivity contribution is 5.91. The molecule has 0 aromatic rings. The number of alkyl carbamates (subject to hydrolysis) is 1. The number of carbonyl (C=O) groups excluding carboxylic acids is 1. The lowest BCUT2D eigenvalue weighted by molar-refractivity contribution is 0.104.